The number of ether oxygens (including phenoxy) is 2. The fourth-order valence-electron chi connectivity index (χ4n) is 3.69. The second-order valence-corrected chi connectivity index (χ2v) is 9.59. The van der Waals surface area contributed by atoms with Gasteiger partial charge in [0.25, 0.3) is 17.7 Å². The summed E-state index contributed by atoms with van der Waals surface area (Å²) in [4.78, 5) is 68.1. The molecule has 1 aliphatic heterocycles. The number of hydrogen-bond donors (Lipinski definition) is 2. The summed E-state index contributed by atoms with van der Waals surface area (Å²) < 4.78 is 9.94. The third-order valence-corrected chi connectivity index (χ3v) is 6.94. The molecule has 11 nitrogen and oxygen atoms in total. The van der Waals surface area contributed by atoms with Gasteiger partial charge in [-0.25, -0.2) is 19.5 Å². The standard InChI is InChI=1S/C27H23ClN4O7S/c1-4-38-25(36)15-9-11-18(12-10-15)32-23(34)19(28)20(24(32)35)30-17-8-6-7-16(13-17)22(33)31-27-29-14(3)21(40-27)26(37)39-5-2/h6-13,30H,4-5H2,1-3H3,(H,29,31,33). The van der Waals surface area contributed by atoms with E-state index in [0.29, 0.717) is 16.3 Å². The van der Waals surface area contributed by atoms with Crippen molar-refractivity contribution in [3.8, 4) is 0 Å². The molecule has 4 rings (SSSR count). The molecule has 0 atom stereocenters. The Morgan fingerprint density at radius 3 is 2.30 bits per heavy atom. The number of esters is 2. The lowest BCUT2D eigenvalue weighted by Gasteiger charge is -2.15. The van der Waals surface area contributed by atoms with Crippen molar-refractivity contribution in [2.75, 3.05) is 28.7 Å². The van der Waals surface area contributed by atoms with Crippen LogP contribution in [0, 0.1) is 6.92 Å². The summed E-state index contributed by atoms with van der Waals surface area (Å²) in [5.74, 6) is -3.01. The van der Waals surface area contributed by atoms with Crippen LogP contribution in [0.2, 0.25) is 0 Å². The zero-order chi connectivity index (χ0) is 29.0. The summed E-state index contributed by atoms with van der Waals surface area (Å²) >= 11 is 7.22. The average Bonchev–Trinajstić information content (AvgIpc) is 3.40. The topological polar surface area (TPSA) is 144 Å². The van der Waals surface area contributed by atoms with Gasteiger partial charge in [0.1, 0.15) is 15.6 Å². The fraction of sp³-hybridized carbons (Fsp3) is 0.185. The molecule has 0 bridgehead atoms. The molecule has 40 heavy (non-hydrogen) atoms. The number of anilines is 3. The average molecular weight is 583 g/mol. The zero-order valence-corrected chi connectivity index (χ0v) is 23.1. The van der Waals surface area contributed by atoms with Gasteiger partial charge < -0.3 is 14.8 Å². The zero-order valence-electron chi connectivity index (χ0n) is 21.6. The lowest BCUT2D eigenvalue weighted by molar-refractivity contribution is -0.120. The number of thiazole rings is 1. The number of benzene rings is 2. The van der Waals surface area contributed by atoms with Gasteiger partial charge in [-0.1, -0.05) is 29.0 Å². The number of aromatic nitrogens is 1. The number of halogens is 1. The Morgan fingerprint density at radius 2 is 1.62 bits per heavy atom. The van der Waals surface area contributed by atoms with Crippen molar-refractivity contribution in [3.05, 3.63) is 81.0 Å². The first-order valence-electron chi connectivity index (χ1n) is 12.0. The molecule has 3 aromatic rings. The minimum absolute atomic E-state index is 0.173. The second kappa shape index (κ2) is 12.1. The molecule has 0 saturated heterocycles. The monoisotopic (exact) mass is 582 g/mol. The molecule has 2 N–H and O–H groups in total. The van der Waals surface area contributed by atoms with Gasteiger partial charge >= 0.3 is 11.9 Å². The summed E-state index contributed by atoms with van der Waals surface area (Å²) in [5.41, 5.74) is 1.28. The Labute approximate surface area is 237 Å². The molecule has 3 amide bonds. The van der Waals surface area contributed by atoms with Crippen LogP contribution in [0.4, 0.5) is 16.5 Å². The van der Waals surface area contributed by atoms with Gasteiger partial charge in [0.2, 0.25) is 0 Å². The number of nitrogens with zero attached hydrogens (tertiary/aromatic N) is 2. The van der Waals surface area contributed by atoms with Gasteiger partial charge in [-0.3, -0.25) is 19.7 Å². The van der Waals surface area contributed by atoms with Crippen molar-refractivity contribution in [1.82, 2.24) is 4.98 Å². The molecule has 0 unspecified atom stereocenters. The Hall–Kier alpha value is -4.55. The smallest absolute Gasteiger partial charge is 0.350 e. The first-order valence-corrected chi connectivity index (χ1v) is 13.2. The van der Waals surface area contributed by atoms with Crippen molar-refractivity contribution < 1.29 is 33.4 Å². The number of amides is 3. The van der Waals surface area contributed by atoms with Crippen molar-refractivity contribution in [3.63, 3.8) is 0 Å². The SMILES string of the molecule is CCOC(=O)c1ccc(N2C(=O)C(Cl)=C(Nc3cccc(C(=O)Nc4nc(C)c(C(=O)OCC)s4)c3)C2=O)cc1. The molecular formula is C27H23ClN4O7S. The normalized spacial score (nSPS) is 12.9. The van der Waals surface area contributed by atoms with Gasteiger partial charge in [-0.2, -0.15) is 0 Å². The van der Waals surface area contributed by atoms with E-state index in [1.807, 2.05) is 0 Å². The minimum atomic E-state index is -0.747. The van der Waals surface area contributed by atoms with Crippen LogP contribution in [-0.2, 0) is 19.1 Å². The first-order chi connectivity index (χ1) is 19.1. The van der Waals surface area contributed by atoms with Gasteiger partial charge in [0, 0.05) is 11.3 Å². The molecule has 0 spiro atoms. The number of rotatable bonds is 9. The molecule has 0 radical (unpaired) electrons. The Kier molecular flexibility index (Phi) is 8.61. The van der Waals surface area contributed by atoms with Crippen LogP contribution in [0.25, 0.3) is 0 Å². The van der Waals surface area contributed by atoms with E-state index in [1.165, 1.54) is 30.3 Å². The maximum Gasteiger partial charge on any atom is 0.350 e. The number of aryl methyl sites for hydroxylation is 1. The van der Waals surface area contributed by atoms with E-state index in [-0.39, 0.29) is 45.9 Å². The van der Waals surface area contributed by atoms with E-state index < -0.39 is 29.7 Å². The van der Waals surface area contributed by atoms with Crippen molar-refractivity contribution >= 4 is 69.1 Å². The van der Waals surface area contributed by atoms with Crippen LogP contribution in [0.3, 0.4) is 0 Å². The van der Waals surface area contributed by atoms with Crippen LogP contribution >= 0.6 is 22.9 Å². The third kappa shape index (κ3) is 5.87. The third-order valence-electron chi connectivity index (χ3n) is 5.54. The number of hydrogen-bond acceptors (Lipinski definition) is 10. The molecule has 1 aliphatic rings. The number of imide groups is 1. The lowest BCUT2D eigenvalue weighted by atomic mass is 10.2. The van der Waals surface area contributed by atoms with Gasteiger partial charge in [-0.05, 0) is 63.2 Å². The Morgan fingerprint density at radius 1 is 0.950 bits per heavy atom. The maximum absolute atomic E-state index is 13.1. The summed E-state index contributed by atoms with van der Waals surface area (Å²) in [5, 5.41) is 5.35. The van der Waals surface area contributed by atoms with E-state index in [0.717, 1.165) is 16.2 Å². The largest absolute Gasteiger partial charge is 0.462 e. The highest BCUT2D eigenvalue weighted by Crippen LogP contribution is 2.31. The van der Waals surface area contributed by atoms with Crippen LogP contribution in [0.1, 0.15) is 49.9 Å². The predicted molar refractivity (Wildman–Crippen MR) is 149 cm³/mol. The quantitative estimate of drug-likeness (QED) is 0.275. The fourth-order valence-corrected chi connectivity index (χ4v) is 4.76. The van der Waals surface area contributed by atoms with Gasteiger partial charge in [-0.15, -0.1) is 0 Å². The highest BCUT2D eigenvalue weighted by Gasteiger charge is 2.39. The molecule has 2 heterocycles. The first kappa shape index (κ1) is 28.5. The van der Waals surface area contributed by atoms with E-state index in [9.17, 15) is 24.0 Å². The molecular weight excluding hydrogens is 560 g/mol. The van der Waals surface area contributed by atoms with Gasteiger partial charge in [0.05, 0.1) is 30.2 Å². The summed E-state index contributed by atoms with van der Waals surface area (Å²) in [6, 6.07) is 11.9. The Bertz CT molecular complexity index is 1550. The van der Waals surface area contributed by atoms with Crippen LogP contribution in [-0.4, -0.2) is 47.9 Å². The van der Waals surface area contributed by atoms with E-state index in [4.69, 9.17) is 21.1 Å². The number of nitrogens with one attached hydrogen (secondary N) is 2. The molecule has 206 valence electrons. The number of carbonyl (C=O) groups is 5. The van der Waals surface area contributed by atoms with Crippen molar-refractivity contribution in [2.45, 2.75) is 20.8 Å². The lowest BCUT2D eigenvalue weighted by Crippen LogP contribution is -2.32. The van der Waals surface area contributed by atoms with Crippen LogP contribution < -0.4 is 15.5 Å². The molecule has 0 aliphatic carbocycles. The van der Waals surface area contributed by atoms with Crippen LogP contribution in [0.15, 0.2) is 59.3 Å². The minimum Gasteiger partial charge on any atom is -0.462 e. The van der Waals surface area contributed by atoms with Crippen molar-refractivity contribution in [2.24, 2.45) is 0 Å². The van der Waals surface area contributed by atoms with Crippen molar-refractivity contribution in [1.29, 1.82) is 0 Å². The highest BCUT2D eigenvalue weighted by atomic mass is 35.5. The molecule has 2 aromatic carbocycles. The summed E-state index contributed by atoms with van der Waals surface area (Å²) in [6.07, 6.45) is 0. The maximum atomic E-state index is 13.1. The molecule has 0 saturated carbocycles. The van der Waals surface area contributed by atoms with Gasteiger partial charge in [0.15, 0.2) is 5.13 Å². The van der Waals surface area contributed by atoms with E-state index >= 15 is 0 Å². The summed E-state index contributed by atoms with van der Waals surface area (Å²) in [7, 11) is 0. The van der Waals surface area contributed by atoms with Crippen LogP contribution in [0.5, 0.6) is 0 Å². The van der Waals surface area contributed by atoms with E-state index in [1.54, 1.807) is 39.0 Å². The predicted octanol–water partition coefficient (Wildman–Crippen LogP) is 4.49. The molecule has 1 aromatic heterocycles. The highest BCUT2D eigenvalue weighted by molar-refractivity contribution is 7.17. The second-order valence-electron chi connectivity index (χ2n) is 8.22. The Balaban J connectivity index is 1.48. The van der Waals surface area contributed by atoms with E-state index in [2.05, 4.69) is 15.6 Å². The molecule has 0 fully saturated rings. The molecule has 13 heteroatoms. The number of carbonyl (C=O) groups excluding carboxylic acids is 5. The summed E-state index contributed by atoms with van der Waals surface area (Å²) in [6.45, 7) is 5.44.